The molecule has 2 heterocycles. The van der Waals surface area contributed by atoms with Crippen molar-refractivity contribution in [2.75, 3.05) is 20.3 Å². The van der Waals surface area contributed by atoms with Gasteiger partial charge in [-0.2, -0.15) is 0 Å². The lowest BCUT2D eigenvalue weighted by atomic mass is 10.0. The molecule has 0 N–H and O–H groups in total. The van der Waals surface area contributed by atoms with Gasteiger partial charge in [-0.05, 0) is 0 Å². The Bertz CT molecular complexity index is 505. The maximum Gasteiger partial charge on any atom is 0.302 e. The third-order valence-electron chi connectivity index (χ3n) is 3.92. The summed E-state index contributed by atoms with van der Waals surface area (Å²) in [6.07, 6.45) is -1.36. The largest absolute Gasteiger partial charge is 0.465 e. The van der Waals surface area contributed by atoms with Crippen LogP contribution in [0, 0.1) is 5.92 Å². The van der Waals surface area contributed by atoms with E-state index in [-0.39, 0.29) is 30.7 Å². The van der Waals surface area contributed by atoms with Gasteiger partial charge in [-0.25, -0.2) is 0 Å². The van der Waals surface area contributed by atoms with Crippen molar-refractivity contribution in [3.63, 3.8) is 0 Å². The summed E-state index contributed by atoms with van der Waals surface area (Å²) < 4.78 is 28.0. The van der Waals surface area contributed by atoms with Crippen molar-refractivity contribution in [2.24, 2.45) is 5.92 Å². The normalized spacial score (nSPS) is 34.2. The SMILES string of the molecule is CO[C@@H]1O[C@@H]2COC(c3ccccc3)O[C@@H]2[C@H]1COC(C)=O. The fourth-order valence-electron chi connectivity index (χ4n) is 2.87. The number of hydrogen-bond acceptors (Lipinski definition) is 6. The van der Waals surface area contributed by atoms with Crippen molar-refractivity contribution in [1.29, 1.82) is 0 Å². The standard InChI is InChI=1S/C16H20O6/c1-10(17)19-8-12-14-13(21-16(12)18-2)9-20-15(22-14)11-6-4-3-5-7-11/h3-7,12-16H,8-9H2,1-2H3/t12-,13-,14-,15?,16-/m1/s1. The van der Waals surface area contributed by atoms with Gasteiger partial charge in [-0.15, -0.1) is 0 Å². The zero-order chi connectivity index (χ0) is 15.5. The van der Waals surface area contributed by atoms with Crippen LogP contribution < -0.4 is 0 Å². The number of esters is 1. The summed E-state index contributed by atoms with van der Waals surface area (Å²) in [5, 5.41) is 0. The van der Waals surface area contributed by atoms with Gasteiger partial charge >= 0.3 is 5.97 Å². The molecule has 6 heteroatoms. The number of benzene rings is 1. The maximum atomic E-state index is 11.1. The summed E-state index contributed by atoms with van der Waals surface area (Å²) in [6, 6.07) is 9.73. The first-order valence-corrected chi connectivity index (χ1v) is 7.32. The Morgan fingerprint density at radius 1 is 1.27 bits per heavy atom. The van der Waals surface area contributed by atoms with Gasteiger partial charge in [0.2, 0.25) is 0 Å². The first kappa shape index (κ1) is 15.4. The fraction of sp³-hybridized carbons (Fsp3) is 0.562. The summed E-state index contributed by atoms with van der Waals surface area (Å²) in [5.41, 5.74) is 0.952. The molecule has 0 radical (unpaired) electrons. The first-order valence-electron chi connectivity index (χ1n) is 7.32. The second-order valence-electron chi connectivity index (χ2n) is 5.42. The molecule has 0 saturated carbocycles. The van der Waals surface area contributed by atoms with Crippen LogP contribution in [0.3, 0.4) is 0 Å². The molecular weight excluding hydrogens is 288 g/mol. The predicted octanol–water partition coefficient (Wildman–Crippen LogP) is 1.65. The second-order valence-corrected chi connectivity index (χ2v) is 5.42. The number of ether oxygens (including phenoxy) is 5. The maximum absolute atomic E-state index is 11.1. The second kappa shape index (κ2) is 6.75. The first-order chi connectivity index (χ1) is 10.7. The fourth-order valence-corrected chi connectivity index (χ4v) is 2.87. The Balaban J connectivity index is 1.72. The van der Waals surface area contributed by atoms with E-state index in [1.54, 1.807) is 7.11 Å². The van der Waals surface area contributed by atoms with E-state index < -0.39 is 12.6 Å². The third-order valence-corrected chi connectivity index (χ3v) is 3.92. The zero-order valence-corrected chi connectivity index (χ0v) is 12.6. The highest BCUT2D eigenvalue weighted by Gasteiger charge is 2.50. The van der Waals surface area contributed by atoms with Gasteiger partial charge in [0.1, 0.15) is 18.8 Å². The van der Waals surface area contributed by atoms with Crippen LogP contribution in [0.25, 0.3) is 0 Å². The summed E-state index contributed by atoms with van der Waals surface area (Å²) in [7, 11) is 1.57. The highest BCUT2D eigenvalue weighted by atomic mass is 16.8. The van der Waals surface area contributed by atoms with Crippen LogP contribution in [0.2, 0.25) is 0 Å². The minimum absolute atomic E-state index is 0.172. The molecule has 0 amide bonds. The molecular formula is C16H20O6. The lowest BCUT2D eigenvalue weighted by Crippen LogP contribution is -2.42. The van der Waals surface area contributed by atoms with Crippen molar-refractivity contribution in [3.05, 3.63) is 35.9 Å². The Morgan fingerprint density at radius 2 is 2.05 bits per heavy atom. The molecule has 6 nitrogen and oxygen atoms in total. The average molecular weight is 308 g/mol. The van der Waals surface area contributed by atoms with E-state index in [9.17, 15) is 4.79 Å². The van der Waals surface area contributed by atoms with Crippen molar-refractivity contribution in [3.8, 4) is 0 Å². The minimum Gasteiger partial charge on any atom is -0.465 e. The van der Waals surface area contributed by atoms with E-state index in [0.29, 0.717) is 6.61 Å². The molecule has 22 heavy (non-hydrogen) atoms. The van der Waals surface area contributed by atoms with Crippen LogP contribution in [0.1, 0.15) is 18.8 Å². The highest BCUT2D eigenvalue weighted by molar-refractivity contribution is 5.65. The van der Waals surface area contributed by atoms with Gasteiger partial charge in [0.25, 0.3) is 0 Å². The monoisotopic (exact) mass is 308 g/mol. The number of carbonyl (C=O) groups is 1. The minimum atomic E-state index is -0.465. The van der Waals surface area contributed by atoms with Crippen LogP contribution in [0.15, 0.2) is 30.3 Å². The molecule has 120 valence electrons. The third kappa shape index (κ3) is 3.15. The molecule has 3 rings (SSSR count). The lowest BCUT2D eigenvalue weighted by molar-refractivity contribution is -0.252. The Morgan fingerprint density at radius 3 is 2.73 bits per heavy atom. The molecule has 2 fully saturated rings. The molecule has 0 aliphatic carbocycles. The number of methoxy groups -OCH3 is 1. The molecule has 0 spiro atoms. The molecule has 1 unspecified atom stereocenters. The quantitative estimate of drug-likeness (QED) is 0.788. The van der Waals surface area contributed by atoms with Crippen molar-refractivity contribution in [1.82, 2.24) is 0 Å². The molecule has 2 aliphatic heterocycles. The van der Waals surface area contributed by atoms with Gasteiger partial charge in [0.15, 0.2) is 12.6 Å². The van der Waals surface area contributed by atoms with Gasteiger partial charge in [0.05, 0.1) is 12.5 Å². The van der Waals surface area contributed by atoms with E-state index in [1.165, 1.54) is 6.92 Å². The van der Waals surface area contributed by atoms with Crippen molar-refractivity contribution in [2.45, 2.75) is 31.7 Å². The number of rotatable bonds is 4. The molecule has 1 aromatic rings. The number of carbonyl (C=O) groups excluding carboxylic acids is 1. The van der Waals surface area contributed by atoms with Crippen LogP contribution in [0.5, 0.6) is 0 Å². The van der Waals surface area contributed by atoms with Gasteiger partial charge in [-0.1, -0.05) is 30.3 Å². The summed E-state index contributed by atoms with van der Waals surface area (Å²) in [4.78, 5) is 11.1. The van der Waals surface area contributed by atoms with Crippen LogP contribution in [-0.4, -0.2) is 44.8 Å². The molecule has 5 atom stereocenters. The highest BCUT2D eigenvalue weighted by Crippen LogP contribution is 2.38. The van der Waals surface area contributed by atoms with Crippen LogP contribution in [0.4, 0.5) is 0 Å². The molecule has 0 bridgehead atoms. The lowest BCUT2D eigenvalue weighted by Gasteiger charge is -2.33. The molecule has 2 saturated heterocycles. The summed E-state index contributed by atoms with van der Waals surface area (Å²) in [5.74, 6) is -0.501. The van der Waals surface area contributed by atoms with Crippen LogP contribution in [-0.2, 0) is 28.5 Å². The Labute approximate surface area is 129 Å². The Hall–Kier alpha value is -1.47. The predicted molar refractivity (Wildman–Crippen MR) is 75.8 cm³/mol. The topological polar surface area (TPSA) is 63.2 Å². The van der Waals surface area contributed by atoms with E-state index in [2.05, 4.69) is 0 Å². The molecule has 0 aromatic heterocycles. The van der Waals surface area contributed by atoms with Crippen LogP contribution >= 0.6 is 0 Å². The van der Waals surface area contributed by atoms with E-state index in [1.807, 2.05) is 30.3 Å². The number of hydrogen-bond donors (Lipinski definition) is 0. The van der Waals surface area contributed by atoms with Gasteiger partial charge < -0.3 is 23.7 Å². The molecule has 2 aliphatic rings. The van der Waals surface area contributed by atoms with E-state index >= 15 is 0 Å². The van der Waals surface area contributed by atoms with Crippen molar-refractivity contribution < 1.29 is 28.5 Å². The summed E-state index contributed by atoms with van der Waals surface area (Å²) >= 11 is 0. The average Bonchev–Trinajstić information content (AvgIpc) is 2.90. The van der Waals surface area contributed by atoms with E-state index in [0.717, 1.165) is 5.56 Å². The zero-order valence-electron chi connectivity index (χ0n) is 12.6. The Kier molecular flexibility index (Phi) is 4.73. The molecule has 1 aromatic carbocycles. The van der Waals surface area contributed by atoms with Crippen molar-refractivity contribution >= 4 is 5.97 Å². The summed E-state index contributed by atoms with van der Waals surface area (Å²) in [6.45, 7) is 2.00. The smallest absolute Gasteiger partial charge is 0.302 e. The van der Waals surface area contributed by atoms with Gasteiger partial charge in [0, 0.05) is 19.6 Å². The van der Waals surface area contributed by atoms with E-state index in [4.69, 9.17) is 23.7 Å². The van der Waals surface area contributed by atoms with Gasteiger partial charge in [-0.3, -0.25) is 4.79 Å². The number of fused-ring (bicyclic) bond motifs is 1.